The van der Waals surface area contributed by atoms with Crippen molar-refractivity contribution in [1.82, 2.24) is 24.7 Å². The lowest BCUT2D eigenvalue weighted by Crippen LogP contribution is -2.23. The zero-order chi connectivity index (χ0) is 16.4. The Balaban J connectivity index is 1.76. The van der Waals surface area contributed by atoms with Gasteiger partial charge in [-0.25, -0.2) is 9.97 Å². The Kier molecular flexibility index (Phi) is 4.10. The zero-order valence-electron chi connectivity index (χ0n) is 13.7. The number of hydrogen-bond donors (Lipinski definition) is 1. The lowest BCUT2D eigenvalue weighted by atomic mass is 10.3. The van der Waals surface area contributed by atoms with Crippen LogP contribution in [0.15, 0.2) is 24.5 Å². The summed E-state index contributed by atoms with van der Waals surface area (Å²) in [4.78, 5) is 13.0. The highest BCUT2D eigenvalue weighted by Gasteiger charge is 2.14. The van der Waals surface area contributed by atoms with Gasteiger partial charge in [-0.15, -0.1) is 0 Å². The minimum absolute atomic E-state index is 0.0264. The second-order valence-corrected chi connectivity index (χ2v) is 5.53. The first-order valence-corrected chi connectivity index (χ1v) is 7.53. The van der Waals surface area contributed by atoms with Crippen LogP contribution in [0.1, 0.15) is 18.4 Å². The van der Waals surface area contributed by atoms with Gasteiger partial charge < -0.3 is 10.1 Å². The number of aromatic nitrogens is 5. The fourth-order valence-electron chi connectivity index (χ4n) is 2.51. The summed E-state index contributed by atoms with van der Waals surface area (Å²) >= 11 is 0. The summed E-state index contributed by atoms with van der Waals surface area (Å²) in [5.74, 6) is 2.26. The maximum absolute atomic E-state index is 5.82. The van der Waals surface area contributed by atoms with E-state index in [-0.39, 0.29) is 6.10 Å². The average Bonchev–Trinajstić information content (AvgIpc) is 2.80. The molecule has 0 saturated heterocycles. The fourth-order valence-corrected chi connectivity index (χ4v) is 2.51. The van der Waals surface area contributed by atoms with Gasteiger partial charge in [-0.2, -0.15) is 5.10 Å². The Morgan fingerprint density at radius 2 is 2.13 bits per heavy atom. The Morgan fingerprint density at radius 3 is 2.87 bits per heavy atom. The Morgan fingerprint density at radius 1 is 1.30 bits per heavy atom. The van der Waals surface area contributed by atoms with Crippen LogP contribution in [0.2, 0.25) is 0 Å². The topological polar surface area (TPSA) is 77.8 Å². The van der Waals surface area contributed by atoms with E-state index in [0.717, 1.165) is 28.3 Å². The van der Waals surface area contributed by atoms with Crippen LogP contribution in [0.3, 0.4) is 0 Å². The summed E-state index contributed by atoms with van der Waals surface area (Å²) in [5.41, 5.74) is 1.74. The molecule has 3 aromatic heterocycles. The lowest BCUT2D eigenvalue weighted by Gasteiger charge is -2.16. The summed E-state index contributed by atoms with van der Waals surface area (Å²) in [6.45, 7) is 6.46. The van der Waals surface area contributed by atoms with Gasteiger partial charge in [0.15, 0.2) is 5.65 Å². The predicted molar refractivity (Wildman–Crippen MR) is 88.6 cm³/mol. The molecule has 0 radical (unpaired) electrons. The molecule has 3 rings (SSSR count). The first kappa shape index (κ1) is 15.2. The van der Waals surface area contributed by atoms with Gasteiger partial charge in [0.25, 0.3) is 0 Å². The number of rotatable bonds is 5. The molecule has 7 nitrogen and oxygen atoms in total. The summed E-state index contributed by atoms with van der Waals surface area (Å²) in [6.07, 6.45) is 3.40. The van der Waals surface area contributed by atoms with E-state index in [9.17, 15) is 0 Å². The van der Waals surface area contributed by atoms with Crippen molar-refractivity contribution in [2.24, 2.45) is 7.05 Å². The Bertz CT molecular complexity index is 814. The molecule has 0 bridgehead atoms. The van der Waals surface area contributed by atoms with Crippen LogP contribution in [0, 0.1) is 13.8 Å². The summed E-state index contributed by atoms with van der Waals surface area (Å²) in [6, 6.07) is 3.74. The van der Waals surface area contributed by atoms with Gasteiger partial charge in [-0.1, -0.05) is 0 Å². The van der Waals surface area contributed by atoms with E-state index in [4.69, 9.17) is 4.74 Å². The number of ether oxygens (including phenoxy) is 1. The van der Waals surface area contributed by atoms with Crippen molar-refractivity contribution in [1.29, 1.82) is 0 Å². The van der Waals surface area contributed by atoms with Gasteiger partial charge in [0, 0.05) is 13.2 Å². The van der Waals surface area contributed by atoms with E-state index < -0.39 is 0 Å². The quantitative estimate of drug-likeness (QED) is 0.778. The number of nitrogens with zero attached hydrogens (tertiary/aromatic N) is 5. The van der Waals surface area contributed by atoms with E-state index in [1.54, 1.807) is 17.1 Å². The molecule has 0 aromatic carbocycles. The molecule has 7 heteroatoms. The predicted octanol–water partition coefficient (Wildman–Crippen LogP) is 2.25. The van der Waals surface area contributed by atoms with Gasteiger partial charge >= 0.3 is 0 Å². The summed E-state index contributed by atoms with van der Waals surface area (Å²) in [5, 5.41) is 8.72. The maximum atomic E-state index is 5.82. The van der Waals surface area contributed by atoms with Crippen molar-refractivity contribution in [2.45, 2.75) is 26.9 Å². The third kappa shape index (κ3) is 3.23. The largest absolute Gasteiger partial charge is 0.487 e. The van der Waals surface area contributed by atoms with E-state index in [1.807, 2.05) is 40.0 Å². The molecule has 0 aliphatic carbocycles. The van der Waals surface area contributed by atoms with Gasteiger partial charge in [0.2, 0.25) is 0 Å². The smallest absolute Gasteiger partial charge is 0.163 e. The minimum Gasteiger partial charge on any atom is -0.487 e. The van der Waals surface area contributed by atoms with E-state index in [0.29, 0.717) is 12.4 Å². The van der Waals surface area contributed by atoms with Crippen LogP contribution in [-0.2, 0) is 7.05 Å². The molecule has 0 spiro atoms. The molecular formula is C16H20N6O. The molecule has 0 fully saturated rings. The molecule has 0 unspecified atom stereocenters. The molecule has 1 atom stereocenters. The molecular weight excluding hydrogens is 292 g/mol. The SMILES string of the molecule is Cc1nc(NC[C@H](C)Oc2cccnc2)c2c(C)nn(C)c2n1. The van der Waals surface area contributed by atoms with Gasteiger partial charge in [-0.3, -0.25) is 9.67 Å². The minimum atomic E-state index is -0.0264. The number of aryl methyl sites for hydroxylation is 3. The first-order chi connectivity index (χ1) is 11.0. The van der Waals surface area contributed by atoms with Crippen LogP contribution < -0.4 is 10.1 Å². The Hall–Kier alpha value is -2.70. The lowest BCUT2D eigenvalue weighted by molar-refractivity contribution is 0.234. The standard InChI is InChI=1S/C16H20N6O/c1-10(23-13-6-5-7-17-9-13)8-18-15-14-11(2)21-22(4)16(14)20-12(3)19-15/h5-7,9-10H,8H2,1-4H3,(H,18,19,20)/t10-/m0/s1. The highest BCUT2D eigenvalue weighted by Crippen LogP contribution is 2.23. The number of hydrogen-bond acceptors (Lipinski definition) is 6. The molecule has 3 aromatic rings. The highest BCUT2D eigenvalue weighted by molar-refractivity contribution is 5.89. The van der Waals surface area contributed by atoms with Gasteiger partial charge in [0.1, 0.15) is 23.5 Å². The maximum Gasteiger partial charge on any atom is 0.163 e. The molecule has 1 N–H and O–H groups in total. The van der Waals surface area contributed by atoms with E-state index in [2.05, 4.69) is 25.4 Å². The molecule has 3 heterocycles. The third-order valence-corrected chi connectivity index (χ3v) is 3.50. The fraction of sp³-hybridized carbons (Fsp3) is 0.375. The summed E-state index contributed by atoms with van der Waals surface area (Å²) < 4.78 is 7.60. The van der Waals surface area contributed by atoms with E-state index in [1.165, 1.54) is 0 Å². The molecule has 0 amide bonds. The number of anilines is 1. The molecule has 23 heavy (non-hydrogen) atoms. The van der Waals surface area contributed by atoms with Crippen molar-refractivity contribution < 1.29 is 4.74 Å². The highest BCUT2D eigenvalue weighted by atomic mass is 16.5. The molecule has 0 saturated carbocycles. The number of pyridine rings is 1. The van der Waals surface area contributed by atoms with Crippen LogP contribution in [0.4, 0.5) is 5.82 Å². The Labute approximate surface area is 134 Å². The van der Waals surface area contributed by atoms with Crippen LogP contribution in [0.5, 0.6) is 5.75 Å². The first-order valence-electron chi connectivity index (χ1n) is 7.53. The van der Waals surface area contributed by atoms with Crippen molar-refractivity contribution in [3.63, 3.8) is 0 Å². The molecule has 0 aliphatic rings. The normalized spacial score (nSPS) is 12.3. The van der Waals surface area contributed by atoms with Gasteiger partial charge in [0.05, 0.1) is 23.8 Å². The van der Waals surface area contributed by atoms with Crippen molar-refractivity contribution in [2.75, 3.05) is 11.9 Å². The second kappa shape index (κ2) is 6.20. The van der Waals surface area contributed by atoms with Crippen molar-refractivity contribution in [3.8, 4) is 5.75 Å². The molecule has 0 aliphatic heterocycles. The van der Waals surface area contributed by atoms with Crippen LogP contribution in [0.25, 0.3) is 11.0 Å². The summed E-state index contributed by atoms with van der Waals surface area (Å²) in [7, 11) is 1.89. The molecule has 120 valence electrons. The van der Waals surface area contributed by atoms with Crippen molar-refractivity contribution >= 4 is 16.9 Å². The second-order valence-electron chi connectivity index (χ2n) is 5.53. The average molecular weight is 312 g/mol. The van der Waals surface area contributed by atoms with Crippen molar-refractivity contribution in [3.05, 3.63) is 36.0 Å². The monoisotopic (exact) mass is 312 g/mol. The van der Waals surface area contributed by atoms with Crippen LogP contribution >= 0.6 is 0 Å². The zero-order valence-corrected chi connectivity index (χ0v) is 13.7. The van der Waals surface area contributed by atoms with Crippen LogP contribution in [-0.4, -0.2) is 37.4 Å². The number of nitrogens with one attached hydrogen (secondary N) is 1. The van der Waals surface area contributed by atoms with Gasteiger partial charge in [-0.05, 0) is 32.9 Å². The third-order valence-electron chi connectivity index (χ3n) is 3.50. The van der Waals surface area contributed by atoms with E-state index >= 15 is 0 Å². The number of fused-ring (bicyclic) bond motifs is 1.